The van der Waals surface area contributed by atoms with Gasteiger partial charge in [-0.3, -0.25) is 0 Å². The number of fused-ring (bicyclic) bond motifs is 1. The first kappa shape index (κ1) is 14.3. The fourth-order valence-electron chi connectivity index (χ4n) is 3.03. The molecule has 2 aromatic rings. The summed E-state index contributed by atoms with van der Waals surface area (Å²) in [7, 11) is 1.25. The highest BCUT2D eigenvalue weighted by molar-refractivity contribution is 6.24. The number of hydrogen-bond acceptors (Lipinski definition) is 4. The molecule has 1 atom stereocenters. The molecule has 0 saturated heterocycles. The zero-order chi connectivity index (χ0) is 15.9. The van der Waals surface area contributed by atoms with Gasteiger partial charge in [0, 0.05) is 11.8 Å². The van der Waals surface area contributed by atoms with Crippen molar-refractivity contribution in [1.29, 1.82) is 5.41 Å². The van der Waals surface area contributed by atoms with E-state index < -0.39 is 11.4 Å². The summed E-state index contributed by atoms with van der Waals surface area (Å²) in [6, 6.07) is 13.9. The maximum Gasteiger partial charge on any atom is 0.343 e. The number of esters is 1. The van der Waals surface area contributed by atoms with Crippen LogP contribution in [0.15, 0.2) is 53.8 Å². The van der Waals surface area contributed by atoms with Crippen molar-refractivity contribution in [1.82, 2.24) is 0 Å². The van der Waals surface area contributed by atoms with Crippen LogP contribution in [0.3, 0.4) is 0 Å². The van der Waals surface area contributed by atoms with Gasteiger partial charge in [0.15, 0.2) is 0 Å². The number of methoxy groups -OCH3 is 1. The van der Waals surface area contributed by atoms with Crippen molar-refractivity contribution in [3.05, 3.63) is 59.4 Å². The fourth-order valence-corrected chi connectivity index (χ4v) is 3.03. The van der Waals surface area contributed by atoms with Gasteiger partial charge in [0.05, 0.1) is 12.8 Å². The van der Waals surface area contributed by atoms with E-state index in [0.29, 0.717) is 0 Å². The molecule has 2 N–H and O–H groups in total. The van der Waals surface area contributed by atoms with E-state index in [-0.39, 0.29) is 23.5 Å². The molecular weight excluding hydrogens is 278 g/mol. The smallest absolute Gasteiger partial charge is 0.343 e. The number of ether oxygens (including phenoxy) is 1. The first-order valence-corrected chi connectivity index (χ1v) is 7.06. The number of aliphatic hydroxyl groups excluding tert-OH is 1. The molecule has 0 amide bonds. The second-order valence-electron chi connectivity index (χ2n) is 5.76. The van der Waals surface area contributed by atoms with Gasteiger partial charge >= 0.3 is 5.97 Å². The van der Waals surface area contributed by atoms with Gasteiger partial charge in [0.1, 0.15) is 11.3 Å². The second kappa shape index (κ2) is 4.98. The Labute approximate surface area is 128 Å². The highest BCUT2D eigenvalue weighted by atomic mass is 16.5. The van der Waals surface area contributed by atoms with Crippen molar-refractivity contribution in [3.63, 3.8) is 0 Å². The third kappa shape index (κ3) is 1.99. The van der Waals surface area contributed by atoms with E-state index in [0.717, 1.165) is 16.3 Å². The molecular formula is C18H17NO3. The Hall–Kier alpha value is -2.62. The highest BCUT2D eigenvalue weighted by Crippen LogP contribution is 2.41. The van der Waals surface area contributed by atoms with Gasteiger partial charge in [-0.2, -0.15) is 0 Å². The van der Waals surface area contributed by atoms with Crippen molar-refractivity contribution < 1.29 is 14.6 Å². The summed E-state index contributed by atoms with van der Waals surface area (Å²) in [5.74, 6) is -0.737. The third-order valence-electron chi connectivity index (χ3n) is 4.39. The molecule has 0 aromatic heterocycles. The maximum absolute atomic E-state index is 11.8. The number of aliphatic hydroxyl groups is 1. The van der Waals surface area contributed by atoms with E-state index in [2.05, 4.69) is 4.74 Å². The second-order valence-corrected chi connectivity index (χ2v) is 5.76. The van der Waals surface area contributed by atoms with Crippen molar-refractivity contribution >= 4 is 22.5 Å². The minimum Gasteiger partial charge on any atom is -0.511 e. The lowest BCUT2D eigenvalue weighted by Crippen LogP contribution is -2.30. The van der Waals surface area contributed by atoms with Crippen LogP contribution in [0.25, 0.3) is 10.8 Å². The zero-order valence-corrected chi connectivity index (χ0v) is 12.5. The van der Waals surface area contributed by atoms with Crippen LogP contribution >= 0.6 is 0 Å². The van der Waals surface area contributed by atoms with Crippen LogP contribution < -0.4 is 0 Å². The number of hydrogen-bond donors (Lipinski definition) is 2. The molecule has 0 aliphatic heterocycles. The van der Waals surface area contributed by atoms with E-state index in [4.69, 9.17) is 5.41 Å². The summed E-state index contributed by atoms with van der Waals surface area (Å²) in [5.41, 5.74) is 0.268. The molecule has 2 aromatic carbocycles. The van der Waals surface area contributed by atoms with Crippen molar-refractivity contribution in [2.24, 2.45) is 0 Å². The van der Waals surface area contributed by atoms with Gasteiger partial charge in [-0.15, -0.1) is 0 Å². The molecule has 1 aliphatic rings. The molecule has 0 saturated carbocycles. The van der Waals surface area contributed by atoms with Gasteiger partial charge in [0.25, 0.3) is 0 Å². The number of carbonyl (C=O) groups excluding carboxylic acids is 1. The van der Waals surface area contributed by atoms with Crippen LogP contribution in [0.2, 0.25) is 0 Å². The van der Waals surface area contributed by atoms with Crippen LogP contribution in [0.4, 0.5) is 0 Å². The van der Waals surface area contributed by atoms with Crippen LogP contribution in [0.1, 0.15) is 18.9 Å². The summed E-state index contributed by atoms with van der Waals surface area (Å²) in [6.45, 7) is 1.87. The number of nitrogens with one attached hydrogen (secondary N) is 1. The molecule has 0 spiro atoms. The molecule has 4 heteroatoms. The predicted octanol–water partition coefficient (Wildman–Crippen LogP) is 3.51. The predicted molar refractivity (Wildman–Crippen MR) is 85.3 cm³/mol. The van der Waals surface area contributed by atoms with Gasteiger partial charge in [-0.05, 0) is 23.3 Å². The van der Waals surface area contributed by atoms with Crippen LogP contribution in [-0.4, -0.2) is 23.9 Å². The molecule has 0 radical (unpaired) electrons. The zero-order valence-electron chi connectivity index (χ0n) is 12.5. The van der Waals surface area contributed by atoms with Crippen LogP contribution in [0, 0.1) is 5.41 Å². The van der Waals surface area contributed by atoms with Gasteiger partial charge in [-0.25, -0.2) is 4.79 Å². The molecule has 1 aliphatic carbocycles. The van der Waals surface area contributed by atoms with Crippen molar-refractivity contribution in [2.75, 3.05) is 7.11 Å². The van der Waals surface area contributed by atoms with E-state index in [1.807, 2.05) is 49.4 Å². The molecule has 0 heterocycles. The quantitative estimate of drug-likeness (QED) is 0.833. The van der Waals surface area contributed by atoms with Crippen molar-refractivity contribution in [3.8, 4) is 0 Å². The van der Waals surface area contributed by atoms with Crippen molar-refractivity contribution in [2.45, 2.75) is 18.8 Å². The fraction of sp³-hybridized carbons (Fsp3) is 0.222. The largest absolute Gasteiger partial charge is 0.511 e. The Balaban J connectivity index is 2.07. The van der Waals surface area contributed by atoms with Gasteiger partial charge < -0.3 is 15.3 Å². The number of carbonyl (C=O) groups is 1. The summed E-state index contributed by atoms with van der Waals surface area (Å²) >= 11 is 0. The van der Waals surface area contributed by atoms with E-state index in [1.165, 1.54) is 7.11 Å². The Kier molecular flexibility index (Phi) is 3.24. The lowest BCUT2D eigenvalue weighted by atomic mass is 9.77. The average Bonchev–Trinajstić information content (AvgIpc) is 2.76. The highest BCUT2D eigenvalue weighted by Gasteiger charge is 2.45. The summed E-state index contributed by atoms with van der Waals surface area (Å²) in [6.07, 6.45) is 0.231. The third-order valence-corrected chi connectivity index (χ3v) is 4.39. The van der Waals surface area contributed by atoms with E-state index in [1.54, 1.807) is 0 Å². The minimum atomic E-state index is -0.725. The summed E-state index contributed by atoms with van der Waals surface area (Å²) in [4.78, 5) is 11.8. The maximum atomic E-state index is 11.8. The molecule has 4 nitrogen and oxygen atoms in total. The van der Waals surface area contributed by atoms with Crippen LogP contribution in [-0.2, 0) is 14.9 Å². The standard InChI is InChI=1S/C18H17NO3/c1-18(10-14(20)15(16(18)19)17(21)22-2)13-8-7-11-5-3-4-6-12(11)9-13/h3-9,19-20H,10H2,1-2H3. The summed E-state index contributed by atoms with van der Waals surface area (Å²) < 4.78 is 4.68. The molecule has 3 rings (SSSR count). The SMILES string of the molecule is COC(=O)C1=C(O)CC(C)(c2ccc3ccccc3c2)C1=N. The monoisotopic (exact) mass is 295 g/mol. The molecule has 0 fully saturated rings. The molecule has 22 heavy (non-hydrogen) atoms. The Bertz CT molecular complexity index is 822. The molecule has 1 unspecified atom stereocenters. The Morgan fingerprint density at radius 1 is 1.23 bits per heavy atom. The lowest BCUT2D eigenvalue weighted by molar-refractivity contribution is -0.135. The Morgan fingerprint density at radius 2 is 1.91 bits per heavy atom. The minimum absolute atomic E-state index is 0.0156. The first-order chi connectivity index (χ1) is 10.5. The lowest BCUT2D eigenvalue weighted by Gasteiger charge is -2.25. The van der Waals surface area contributed by atoms with E-state index in [9.17, 15) is 9.90 Å². The topological polar surface area (TPSA) is 70.4 Å². The van der Waals surface area contributed by atoms with Gasteiger partial charge in [-0.1, -0.05) is 42.5 Å². The summed E-state index contributed by atoms with van der Waals surface area (Å²) in [5, 5.41) is 20.6. The molecule has 112 valence electrons. The average molecular weight is 295 g/mol. The van der Waals surface area contributed by atoms with Gasteiger partial charge in [0.2, 0.25) is 0 Å². The van der Waals surface area contributed by atoms with E-state index >= 15 is 0 Å². The van der Waals surface area contributed by atoms with Crippen LogP contribution in [0.5, 0.6) is 0 Å². The normalized spacial score (nSPS) is 21.5. The Morgan fingerprint density at radius 3 is 2.59 bits per heavy atom. The molecule has 0 bridgehead atoms. The number of benzene rings is 2. The number of allylic oxidation sites excluding steroid dienone is 1. The number of rotatable bonds is 2. The first-order valence-electron chi connectivity index (χ1n) is 7.06.